The molecule has 4 rings (SSSR count). The fourth-order valence-electron chi connectivity index (χ4n) is 3.93. The van der Waals surface area contributed by atoms with Crippen molar-refractivity contribution < 1.29 is 61.4 Å². The van der Waals surface area contributed by atoms with Gasteiger partial charge >= 0.3 is 0 Å². The predicted molar refractivity (Wildman–Crippen MR) is 155 cm³/mol. The maximum atomic E-state index is 14.4. The van der Waals surface area contributed by atoms with Gasteiger partial charge in [0.1, 0.15) is 42.5 Å². The number of aromatic hydroxyl groups is 1. The number of fused-ring (bicyclic) bond motifs is 1. The van der Waals surface area contributed by atoms with E-state index >= 15 is 0 Å². The molecule has 0 spiro atoms. The minimum atomic E-state index is -5.43. The van der Waals surface area contributed by atoms with Crippen molar-refractivity contribution in [1.82, 2.24) is 0 Å². The molecule has 4 aromatic carbocycles. The van der Waals surface area contributed by atoms with Crippen molar-refractivity contribution in [3.8, 4) is 5.75 Å². The van der Waals surface area contributed by atoms with Crippen molar-refractivity contribution in [2.45, 2.75) is 26.5 Å². The van der Waals surface area contributed by atoms with Crippen molar-refractivity contribution >= 4 is 79.7 Å². The van der Waals surface area contributed by atoms with Crippen LogP contribution in [0, 0.1) is 12.7 Å². The Bertz CT molecular complexity index is 2450. The fraction of sp³-hybridized carbons (Fsp3) is 0.0435. The van der Waals surface area contributed by atoms with Crippen LogP contribution >= 0.6 is 0 Å². The molecule has 0 atom stereocenters. The van der Waals surface area contributed by atoms with Gasteiger partial charge in [-0.05, 0) is 42.6 Å². The highest BCUT2D eigenvalue weighted by atomic mass is 32.2. The third kappa shape index (κ3) is 7.00. The summed E-state index contributed by atoms with van der Waals surface area (Å²) in [5, 5.41) is 24.2. The zero-order chi connectivity index (χ0) is 34.6. The number of nitrogen functional groups attached to an aromatic ring is 1. The van der Waals surface area contributed by atoms with E-state index in [2.05, 4.69) is 20.5 Å². The molecule has 0 radical (unpaired) electrons. The lowest BCUT2D eigenvalue weighted by Crippen LogP contribution is -2.06. The number of hydrogen-bond donors (Lipinski definition) is 6. The average Bonchev–Trinajstić information content (AvgIpc) is 2.90. The molecule has 0 aliphatic heterocycles. The Morgan fingerprint density at radius 1 is 0.630 bits per heavy atom. The van der Waals surface area contributed by atoms with Gasteiger partial charge in [-0.2, -0.15) is 38.8 Å². The molecule has 0 unspecified atom stereocenters. The molecule has 7 N–H and O–H groups in total. The van der Waals surface area contributed by atoms with Crippen LogP contribution in [-0.4, -0.2) is 57.0 Å². The normalized spacial score (nSPS) is 13.3. The Balaban J connectivity index is 2.06. The number of hydrogen-bond acceptors (Lipinski definition) is 14. The lowest BCUT2D eigenvalue weighted by Gasteiger charge is -2.14. The molecule has 0 aliphatic rings. The summed E-state index contributed by atoms with van der Waals surface area (Å²) in [7, 11) is -21.4. The number of anilines is 1. The van der Waals surface area contributed by atoms with Crippen molar-refractivity contribution in [3.05, 3.63) is 59.9 Å². The minimum absolute atomic E-state index is 0.0293. The first-order valence-electron chi connectivity index (χ1n) is 11.8. The molecule has 0 aliphatic carbocycles. The van der Waals surface area contributed by atoms with E-state index in [1.54, 1.807) is 19.1 Å². The van der Waals surface area contributed by atoms with E-state index in [1.807, 2.05) is 0 Å². The van der Waals surface area contributed by atoms with Crippen molar-refractivity contribution in [2.75, 3.05) is 5.73 Å². The number of halogens is 1. The van der Waals surface area contributed by atoms with E-state index in [1.165, 1.54) is 12.1 Å². The topological polar surface area (TPSA) is 313 Å². The maximum Gasteiger partial charge on any atom is 0.297 e. The lowest BCUT2D eigenvalue weighted by molar-refractivity contribution is 0.469. The molecule has 0 bridgehead atoms. The highest BCUT2D eigenvalue weighted by Gasteiger charge is 2.29. The van der Waals surface area contributed by atoms with Crippen LogP contribution in [0.25, 0.3) is 10.8 Å². The summed E-state index contributed by atoms with van der Waals surface area (Å²) in [5.41, 5.74) is 3.24. The summed E-state index contributed by atoms with van der Waals surface area (Å²) in [6.07, 6.45) is 0. The Morgan fingerprint density at radius 3 is 1.61 bits per heavy atom. The zero-order valence-electron chi connectivity index (χ0n) is 22.5. The molecule has 0 saturated carbocycles. The highest BCUT2D eigenvalue weighted by Crippen LogP contribution is 2.48. The van der Waals surface area contributed by atoms with E-state index < -0.39 is 105 Å². The fourth-order valence-corrected chi connectivity index (χ4v) is 6.54. The van der Waals surface area contributed by atoms with Gasteiger partial charge in [0.25, 0.3) is 40.5 Å². The quantitative estimate of drug-likeness (QED) is 0.0836. The van der Waals surface area contributed by atoms with Crippen LogP contribution in [0.5, 0.6) is 5.75 Å². The number of rotatable bonds is 8. The molecule has 18 nitrogen and oxygen atoms in total. The summed E-state index contributed by atoms with van der Waals surface area (Å²) in [6, 6.07) is 7.44. The van der Waals surface area contributed by atoms with Crippen molar-refractivity contribution in [1.29, 1.82) is 0 Å². The van der Waals surface area contributed by atoms with Crippen LogP contribution in [0.15, 0.2) is 88.6 Å². The lowest BCUT2D eigenvalue weighted by atomic mass is 10.1. The monoisotopic (exact) mass is 719 g/mol. The van der Waals surface area contributed by atoms with Crippen LogP contribution in [0.1, 0.15) is 5.56 Å². The van der Waals surface area contributed by atoms with Gasteiger partial charge in [0, 0.05) is 6.07 Å². The molecule has 0 aromatic heterocycles. The summed E-state index contributed by atoms with van der Waals surface area (Å²) in [6.45, 7) is 1.77. The van der Waals surface area contributed by atoms with E-state index in [4.69, 9.17) is 10.3 Å². The third-order valence-electron chi connectivity index (χ3n) is 6.00. The van der Waals surface area contributed by atoms with Crippen LogP contribution in [0.2, 0.25) is 0 Å². The molecule has 0 amide bonds. The molecule has 46 heavy (non-hydrogen) atoms. The molecule has 0 heterocycles. The van der Waals surface area contributed by atoms with Crippen molar-refractivity contribution in [3.63, 3.8) is 0 Å². The first kappa shape index (κ1) is 34.4. The van der Waals surface area contributed by atoms with Gasteiger partial charge in [0.2, 0.25) is 0 Å². The Labute approximate surface area is 258 Å². The summed E-state index contributed by atoms with van der Waals surface area (Å²) < 4.78 is 148. The molecular weight excluding hydrogens is 702 g/mol. The second kappa shape index (κ2) is 11.7. The van der Waals surface area contributed by atoms with Gasteiger partial charge < -0.3 is 10.8 Å². The Kier molecular flexibility index (Phi) is 8.75. The summed E-state index contributed by atoms with van der Waals surface area (Å²) in [5.74, 6) is -3.06. The van der Waals surface area contributed by atoms with Gasteiger partial charge in [-0.15, -0.1) is 15.3 Å². The van der Waals surface area contributed by atoms with Gasteiger partial charge in [0.15, 0.2) is 5.75 Å². The standard InChI is InChI=1S/C23H18FN5O13S4/c1-10-2-4-12(5-3-10)26-28-21-17(45(37,38)39)6-11-7-18(46(40,41)42)22(23(30)19(11)20(21)25)29-27-14-8-13(24)15(43(31,32)33)9-16(14)44(34,35)36/h2-9,30H,25H2,1H3,(H,31,32,33)(H,34,35,36)(H,37,38,39)(H,40,41,42). The molecule has 4 aromatic rings. The molecule has 23 heteroatoms. The Morgan fingerprint density at radius 2 is 1.11 bits per heavy atom. The van der Waals surface area contributed by atoms with Crippen molar-refractivity contribution in [2.24, 2.45) is 20.5 Å². The van der Waals surface area contributed by atoms with Gasteiger partial charge in [-0.25, -0.2) is 4.39 Å². The first-order chi connectivity index (χ1) is 21.0. The van der Waals surface area contributed by atoms with Crippen LogP contribution in [0.4, 0.5) is 32.8 Å². The third-order valence-corrected chi connectivity index (χ3v) is 9.48. The number of azo groups is 2. The molecule has 0 fully saturated rings. The number of phenols is 1. The molecular formula is C23H18FN5O13S4. The summed E-state index contributed by atoms with van der Waals surface area (Å²) >= 11 is 0. The average molecular weight is 720 g/mol. The number of phenolic OH excluding ortho intramolecular Hbond substituents is 1. The van der Waals surface area contributed by atoms with Crippen LogP contribution < -0.4 is 5.73 Å². The van der Waals surface area contributed by atoms with Gasteiger partial charge in [0.05, 0.1) is 16.8 Å². The van der Waals surface area contributed by atoms with Gasteiger partial charge in [-0.1, -0.05) is 17.7 Å². The minimum Gasteiger partial charge on any atom is -0.505 e. The zero-order valence-corrected chi connectivity index (χ0v) is 25.8. The first-order valence-corrected chi connectivity index (χ1v) is 17.5. The highest BCUT2D eigenvalue weighted by molar-refractivity contribution is 7.87. The number of benzene rings is 4. The maximum absolute atomic E-state index is 14.4. The number of nitrogens with zero attached hydrogens (tertiary/aromatic N) is 4. The predicted octanol–water partition coefficient (Wildman–Crippen LogP) is 4.39. The number of nitrogens with two attached hydrogens (primary N) is 1. The Hall–Kier alpha value is -4.49. The molecule has 0 saturated heterocycles. The van der Waals surface area contributed by atoms with E-state index in [-0.39, 0.29) is 17.8 Å². The van der Waals surface area contributed by atoms with Gasteiger partial charge in [-0.3, -0.25) is 18.2 Å². The van der Waals surface area contributed by atoms with Crippen LogP contribution in [0.3, 0.4) is 0 Å². The number of aryl methyl sites for hydroxylation is 1. The summed E-state index contributed by atoms with van der Waals surface area (Å²) in [4.78, 5) is -5.36. The largest absolute Gasteiger partial charge is 0.505 e. The SMILES string of the molecule is Cc1ccc(N=Nc2c(S(=O)(=O)O)cc3cc(S(=O)(=O)O)c(N=Nc4cc(F)c(S(=O)(=O)O)cc4S(=O)(=O)O)c(O)c3c2N)cc1. The smallest absolute Gasteiger partial charge is 0.297 e. The van der Waals surface area contributed by atoms with E-state index in [0.717, 1.165) is 5.56 Å². The molecule has 244 valence electrons. The van der Waals surface area contributed by atoms with E-state index in [9.17, 15) is 56.8 Å². The van der Waals surface area contributed by atoms with E-state index in [0.29, 0.717) is 12.1 Å². The van der Waals surface area contributed by atoms with Crippen LogP contribution in [-0.2, 0) is 40.5 Å². The second-order valence-electron chi connectivity index (χ2n) is 9.19. The second-order valence-corrected chi connectivity index (χ2v) is 14.8.